The maximum atomic E-state index is 5.27. The molecular weight excluding hydrogens is 164 g/mol. The van der Waals surface area contributed by atoms with Gasteiger partial charge < -0.3 is 9.47 Å². The molecule has 0 rings (SSSR count). The van der Waals surface area contributed by atoms with E-state index in [1.54, 1.807) is 0 Å². The lowest BCUT2D eigenvalue weighted by Crippen LogP contribution is -2.14. The van der Waals surface area contributed by atoms with Crippen molar-refractivity contribution in [3.63, 3.8) is 0 Å². The van der Waals surface area contributed by atoms with Gasteiger partial charge in [-0.15, -0.1) is 0 Å². The molecule has 0 radical (unpaired) electrons. The topological polar surface area (TPSA) is 18.5 Å². The summed E-state index contributed by atoms with van der Waals surface area (Å²) in [6, 6.07) is 0. The van der Waals surface area contributed by atoms with Gasteiger partial charge in [0.1, 0.15) is 0 Å². The van der Waals surface area contributed by atoms with E-state index in [-0.39, 0.29) is 6.29 Å². The van der Waals surface area contributed by atoms with Crippen molar-refractivity contribution in [1.29, 1.82) is 0 Å². The van der Waals surface area contributed by atoms with Crippen LogP contribution in [0.15, 0.2) is 0 Å². The van der Waals surface area contributed by atoms with E-state index >= 15 is 0 Å². The van der Waals surface area contributed by atoms with E-state index < -0.39 is 0 Å². The Labute approximate surface area is 81.6 Å². The molecule has 0 spiro atoms. The average Bonchev–Trinajstić information content (AvgIpc) is 2.13. The quantitative estimate of drug-likeness (QED) is 0.359. The molecule has 13 heavy (non-hydrogen) atoms. The van der Waals surface area contributed by atoms with Gasteiger partial charge in [0.15, 0.2) is 0 Å². The molecule has 0 bridgehead atoms. The smallest absolute Gasteiger partial charge is 0.222 e. The molecule has 0 heterocycles. The third-order valence-electron chi connectivity index (χ3n) is 1.51. The third-order valence-corrected chi connectivity index (χ3v) is 1.51. The number of hydrogen-bond acceptors (Lipinski definition) is 2. The van der Waals surface area contributed by atoms with E-state index in [4.69, 9.17) is 9.47 Å². The molecule has 0 unspecified atom stereocenters. The van der Waals surface area contributed by atoms with E-state index in [0.29, 0.717) is 13.2 Å². The largest absolute Gasteiger partial charge is 0.342 e. The molecule has 0 aliphatic carbocycles. The van der Waals surface area contributed by atoms with Crippen molar-refractivity contribution in [3.05, 3.63) is 0 Å². The Hall–Kier alpha value is -0.520. The zero-order chi connectivity index (χ0) is 9.94. The van der Waals surface area contributed by atoms with Gasteiger partial charge in [0.05, 0.1) is 0 Å². The molecular formula is C11H20O2. The summed E-state index contributed by atoms with van der Waals surface area (Å²) in [6.07, 6.45) is 2.94. The third kappa shape index (κ3) is 7.83. The van der Waals surface area contributed by atoms with Gasteiger partial charge in [-0.1, -0.05) is 19.3 Å². The molecule has 0 aliphatic rings. The standard InChI is InChI=1S/C11H20O2/c1-4-7-8-9-10-11(12-5-2)13-6-3/h11H,4-8H2,1-3H3. The maximum Gasteiger partial charge on any atom is 0.222 e. The van der Waals surface area contributed by atoms with E-state index in [1.165, 1.54) is 6.42 Å². The van der Waals surface area contributed by atoms with Gasteiger partial charge >= 0.3 is 0 Å². The highest BCUT2D eigenvalue weighted by molar-refractivity contribution is 5.01. The van der Waals surface area contributed by atoms with Gasteiger partial charge in [-0.25, -0.2) is 0 Å². The summed E-state index contributed by atoms with van der Waals surface area (Å²) in [6.45, 7) is 7.34. The predicted octanol–water partition coefficient (Wildman–Crippen LogP) is 2.58. The Bertz CT molecular complexity index is 149. The summed E-state index contributed by atoms with van der Waals surface area (Å²) < 4.78 is 10.5. The Kier molecular flexibility index (Phi) is 9.18. The first-order valence-electron chi connectivity index (χ1n) is 5.06. The Morgan fingerprint density at radius 1 is 1.08 bits per heavy atom. The van der Waals surface area contributed by atoms with Crippen LogP contribution in [0.25, 0.3) is 0 Å². The van der Waals surface area contributed by atoms with E-state index in [0.717, 1.165) is 12.8 Å². The van der Waals surface area contributed by atoms with Crippen molar-refractivity contribution in [2.45, 2.75) is 46.3 Å². The van der Waals surface area contributed by atoms with Crippen LogP contribution >= 0.6 is 0 Å². The van der Waals surface area contributed by atoms with E-state index in [9.17, 15) is 0 Å². The molecule has 0 aromatic rings. The lowest BCUT2D eigenvalue weighted by Gasteiger charge is -2.09. The number of rotatable bonds is 6. The molecule has 0 fully saturated rings. The molecule has 0 saturated carbocycles. The molecule has 0 aliphatic heterocycles. The summed E-state index contributed by atoms with van der Waals surface area (Å²) in [5, 5.41) is 0. The molecule has 2 nitrogen and oxygen atoms in total. The van der Waals surface area contributed by atoms with E-state index in [2.05, 4.69) is 18.8 Å². The molecule has 0 aromatic heterocycles. The number of unbranched alkanes of at least 4 members (excludes halogenated alkanes) is 2. The first kappa shape index (κ1) is 12.5. The number of ether oxygens (including phenoxy) is 2. The second kappa shape index (κ2) is 9.57. The van der Waals surface area contributed by atoms with Crippen molar-refractivity contribution in [2.24, 2.45) is 0 Å². The second-order valence-electron chi connectivity index (χ2n) is 2.67. The van der Waals surface area contributed by atoms with Crippen LogP contribution in [0, 0.1) is 11.8 Å². The zero-order valence-corrected chi connectivity index (χ0v) is 8.93. The summed E-state index contributed by atoms with van der Waals surface area (Å²) in [4.78, 5) is 0. The van der Waals surface area contributed by atoms with Crippen molar-refractivity contribution in [1.82, 2.24) is 0 Å². The van der Waals surface area contributed by atoms with Crippen molar-refractivity contribution >= 4 is 0 Å². The van der Waals surface area contributed by atoms with Gasteiger partial charge in [0.2, 0.25) is 6.29 Å². The molecule has 76 valence electrons. The maximum absolute atomic E-state index is 5.27. The molecule has 2 heteroatoms. The fraction of sp³-hybridized carbons (Fsp3) is 0.818. The molecule has 0 atom stereocenters. The van der Waals surface area contributed by atoms with Crippen LogP contribution in [0.2, 0.25) is 0 Å². The molecule has 0 amide bonds. The van der Waals surface area contributed by atoms with Gasteiger partial charge in [-0.2, -0.15) is 0 Å². The highest BCUT2D eigenvalue weighted by Crippen LogP contribution is 1.95. The Balaban J connectivity index is 3.68. The highest BCUT2D eigenvalue weighted by atomic mass is 16.7. The minimum Gasteiger partial charge on any atom is -0.342 e. The SMILES string of the molecule is CCCCC#CC(OCC)OCC. The molecule has 0 saturated heterocycles. The van der Waals surface area contributed by atoms with E-state index in [1.807, 2.05) is 13.8 Å². The summed E-state index contributed by atoms with van der Waals surface area (Å²) in [7, 11) is 0. The van der Waals surface area contributed by atoms with Crippen LogP contribution in [-0.2, 0) is 9.47 Å². The summed E-state index contributed by atoms with van der Waals surface area (Å²) in [5.41, 5.74) is 0. The van der Waals surface area contributed by atoms with Gasteiger partial charge in [-0.05, 0) is 26.2 Å². The monoisotopic (exact) mass is 184 g/mol. The van der Waals surface area contributed by atoms with Crippen LogP contribution in [-0.4, -0.2) is 19.5 Å². The minimum absolute atomic E-state index is 0.327. The Morgan fingerprint density at radius 2 is 1.69 bits per heavy atom. The fourth-order valence-electron chi connectivity index (χ4n) is 0.855. The molecule has 0 aromatic carbocycles. The van der Waals surface area contributed by atoms with Gasteiger partial charge in [-0.3, -0.25) is 0 Å². The van der Waals surface area contributed by atoms with Crippen LogP contribution in [0.1, 0.15) is 40.0 Å². The minimum atomic E-state index is -0.327. The van der Waals surface area contributed by atoms with Crippen LogP contribution in [0.5, 0.6) is 0 Å². The summed E-state index contributed by atoms with van der Waals surface area (Å²) in [5.74, 6) is 6.02. The fourth-order valence-corrected chi connectivity index (χ4v) is 0.855. The van der Waals surface area contributed by atoms with Crippen LogP contribution in [0.3, 0.4) is 0 Å². The first-order chi connectivity index (χ1) is 6.35. The normalized spacial score (nSPS) is 9.85. The highest BCUT2D eigenvalue weighted by Gasteiger charge is 2.00. The lowest BCUT2D eigenvalue weighted by atomic mass is 10.2. The second-order valence-corrected chi connectivity index (χ2v) is 2.67. The Morgan fingerprint density at radius 3 is 2.15 bits per heavy atom. The van der Waals surface area contributed by atoms with Crippen molar-refractivity contribution in [3.8, 4) is 11.8 Å². The molecule has 0 N–H and O–H groups in total. The van der Waals surface area contributed by atoms with Crippen molar-refractivity contribution in [2.75, 3.05) is 13.2 Å². The van der Waals surface area contributed by atoms with Gasteiger partial charge in [0, 0.05) is 19.6 Å². The van der Waals surface area contributed by atoms with Crippen LogP contribution in [0.4, 0.5) is 0 Å². The summed E-state index contributed by atoms with van der Waals surface area (Å²) >= 11 is 0. The van der Waals surface area contributed by atoms with Crippen LogP contribution < -0.4 is 0 Å². The average molecular weight is 184 g/mol. The predicted molar refractivity (Wildman–Crippen MR) is 54.3 cm³/mol. The first-order valence-corrected chi connectivity index (χ1v) is 5.06. The number of hydrogen-bond donors (Lipinski definition) is 0. The van der Waals surface area contributed by atoms with Gasteiger partial charge in [0.25, 0.3) is 0 Å². The van der Waals surface area contributed by atoms with Crippen molar-refractivity contribution < 1.29 is 9.47 Å². The zero-order valence-electron chi connectivity index (χ0n) is 8.93. The lowest BCUT2D eigenvalue weighted by molar-refractivity contribution is -0.0970.